The maximum atomic E-state index is 13.2. The molecule has 3 amide bonds. The summed E-state index contributed by atoms with van der Waals surface area (Å²) in [5.74, 6) is -4.56. The summed E-state index contributed by atoms with van der Waals surface area (Å²) in [7, 11) is 0. The number of ether oxygens (including phenoxy) is 1. The Balaban J connectivity index is 1.93. The minimum absolute atomic E-state index is 0.0413. The van der Waals surface area contributed by atoms with Crippen molar-refractivity contribution in [3.8, 4) is 0 Å². The Labute approximate surface area is 168 Å². The number of fused-ring (bicyclic) bond motifs is 1. The molecule has 2 aromatic rings. The molecule has 10 heteroatoms. The van der Waals surface area contributed by atoms with Gasteiger partial charge in [-0.15, -0.1) is 0 Å². The third-order valence-electron chi connectivity index (χ3n) is 4.34. The molecule has 2 aromatic carbocycles. The highest BCUT2D eigenvalue weighted by Gasteiger charge is 2.45. The molecule has 0 aromatic heterocycles. The predicted molar refractivity (Wildman–Crippen MR) is 97.7 cm³/mol. The van der Waals surface area contributed by atoms with Gasteiger partial charge in [0, 0.05) is 5.69 Å². The van der Waals surface area contributed by atoms with Crippen LogP contribution >= 0.6 is 0 Å². The smallest absolute Gasteiger partial charge is 0.462 e. The highest BCUT2D eigenvalue weighted by molar-refractivity contribution is 6.21. The molecule has 0 bridgehead atoms. The number of carbonyl (C=O) groups is 4. The van der Waals surface area contributed by atoms with Crippen molar-refractivity contribution >= 4 is 29.4 Å². The molecule has 7 nitrogen and oxygen atoms in total. The molecule has 0 unspecified atom stereocenters. The van der Waals surface area contributed by atoms with E-state index in [1.165, 1.54) is 36.4 Å². The van der Waals surface area contributed by atoms with Crippen molar-refractivity contribution in [2.24, 2.45) is 0 Å². The summed E-state index contributed by atoms with van der Waals surface area (Å²) in [5, 5.41) is 0. The Morgan fingerprint density at radius 3 is 1.97 bits per heavy atom. The highest BCUT2D eigenvalue weighted by atomic mass is 19.4. The predicted octanol–water partition coefficient (Wildman–Crippen LogP) is 3.01. The summed E-state index contributed by atoms with van der Waals surface area (Å²) in [5.41, 5.74) is -0.0956. The van der Waals surface area contributed by atoms with E-state index in [0.29, 0.717) is 4.90 Å². The summed E-state index contributed by atoms with van der Waals surface area (Å²) in [6, 6.07) is 10.4. The Hall–Kier alpha value is -3.69. The van der Waals surface area contributed by atoms with Gasteiger partial charge in [0.05, 0.1) is 23.3 Å². The van der Waals surface area contributed by atoms with Gasteiger partial charge in [0.15, 0.2) is 0 Å². The van der Waals surface area contributed by atoms with E-state index in [1.54, 1.807) is 6.92 Å². The summed E-state index contributed by atoms with van der Waals surface area (Å²) in [6.45, 7) is 0.764. The molecule has 0 fully saturated rings. The number of esters is 1. The Morgan fingerprint density at radius 1 is 0.967 bits per heavy atom. The lowest BCUT2D eigenvalue weighted by Crippen LogP contribution is -2.49. The van der Waals surface area contributed by atoms with Crippen molar-refractivity contribution in [1.29, 1.82) is 0 Å². The van der Waals surface area contributed by atoms with E-state index in [2.05, 4.69) is 0 Å². The van der Waals surface area contributed by atoms with Crippen molar-refractivity contribution in [2.75, 3.05) is 18.2 Å². The molecule has 0 radical (unpaired) electrons. The fourth-order valence-electron chi connectivity index (χ4n) is 2.92. The zero-order valence-corrected chi connectivity index (χ0v) is 15.6. The molecular weight excluding hydrogens is 405 g/mol. The van der Waals surface area contributed by atoms with Crippen molar-refractivity contribution in [2.45, 2.75) is 13.1 Å². The van der Waals surface area contributed by atoms with Gasteiger partial charge in [-0.3, -0.25) is 24.2 Å². The molecule has 156 valence electrons. The standard InChI is InChI=1S/C20H15F3N2O5/c1-2-30-18(28)12-7-9-13(10-8-12)24(19(29)20(21,22)23)11-25-16(26)14-5-3-4-6-15(14)17(25)27/h3-10H,2,11H2,1H3. The van der Waals surface area contributed by atoms with Crippen LogP contribution in [0, 0.1) is 0 Å². The first-order valence-electron chi connectivity index (χ1n) is 8.76. The lowest BCUT2D eigenvalue weighted by atomic mass is 10.1. The van der Waals surface area contributed by atoms with Gasteiger partial charge in [-0.25, -0.2) is 4.79 Å². The number of imide groups is 1. The highest BCUT2D eigenvalue weighted by Crippen LogP contribution is 2.28. The Bertz CT molecular complexity index is 983. The number of rotatable bonds is 5. The monoisotopic (exact) mass is 420 g/mol. The van der Waals surface area contributed by atoms with Crippen molar-refractivity contribution in [3.05, 3.63) is 65.2 Å². The first-order chi connectivity index (χ1) is 14.1. The van der Waals surface area contributed by atoms with Crippen LogP contribution in [0.3, 0.4) is 0 Å². The molecule has 0 saturated carbocycles. The number of halogens is 3. The lowest BCUT2D eigenvalue weighted by Gasteiger charge is -2.27. The largest absolute Gasteiger partial charge is 0.471 e. The van der Waals surface area contributed by atoms with Gasteiger partial charge in [-0.05, 0) is 43.3 Å². The second-order valence-corrected chi connectivity index (χ2v) is 6.22. The van der Waals surface area contributed by atoms with Gasteiger partial charge < -0.3 is 4.74 Å². The van der Waals surface area contributed by atoms with Crippen LogP contribution in [0.5, 0.6) is 0 Å². The number of carbonyl (C=O) groups excluding carboxylic acids is 4. The van der Waals surface area contributed by atoms with Crippen LogP contribution < -0.4 is 4.90 Å². The summed E-state index contributed by atoms with van der Waals surface area (Å²) >= 11 is 0. The lowest BCUT2D eigenvalue weighted by molar-refractivity contribution is -0.170. The summed E-state index contributed by atoms with van der Waals surface area (Å²) < 4.78 is 44.3. The van der Waals surface area contributed by atoms with Crippen molar-refractivity contribution < 1.29 is 37.1 Å². The Kier molecular flexibility index (Phi) is 5.59. The molecule has 1 aliphatic rings. The zero-order chi connectivity index (χ0) is 22.1. The second-order valence-electron chi connectivity index (χ2n) is 6.22. The topological polar surface area (TPSA) is 84.0 Å². The van der Waals surface area contributed by atoms with E-state index >= 15 is 0 Å². The van der Waals surface area contributed by atoms with Gasteiger partial charge in [0.1, 0.15) is 6.67 Å². The quantitative estimate of drug-likeness (QED) is 0.549. The van der Waals surface area contributed by atoms with Crippen LogP contribution in [0.4, 0.5) is 18.9 Å². The van der Waals surface area contributed by atoms with Crippen LogP contribution in [-0.2, 0) is 9.53 Å². The minimum atomic E-state index is -5.25. The molecule has 0 saturated heterocycles. The second kappa shape index (κ2) is 7.97. The number of anilines is 1. The van der Waals surface area contributed by atoms with E-state index in [9.17, 15) is 32.3 Å². The normalized spacial score (nSPS) is 13.3. The molecule has 0 aliphatic carbocycles. The summed E-state index contributed by atoms with van der Waals surface area (Å²) in [6.07, 6.45) is -5.25. The number of amides is 3. The number of nitrogens with zero attached hydrogens (tertiary/aromatic N) is 2. The maximum Gasteiger partial charge on any atom is 0.471 e. The fraction of sp³-hybridized carbons (Fsp3) is 0.200. The number of hydrogen-bond acceptors (Lipinski definition) is 5. The molecule has 0 spiro atoms. The van der Waals surface area contributed by atoms with Gasteiger partial charge in [-0.2, -0.15) is 13.2 Å². The van der Waals surface area contributed by atoms with Gasteiger partial charge in [-0.1, -0.05) is 12.1 Å². The van der Waals surface area contributed by atoms with Gasteiger partial charge >= 0.3 is 18.1 Å². The third kappa shape index (κ3) is 3.88. The van der Waals surface area contributed by atoms with E-state index in [1.807, 2.05) is 0 Å². The third-order valence-corrected chi connectivity index (χ3v) is 4.34. The zero-order valence-electron chi connectivity index (χ0n) is 15.6. The number of alkyl halides is 3. The molecule has 0 atom stereocenters. The van der Waals surface area contributed by atoms with E-state index < -0.39 is 36.5 Å². The summed E-state index contributed by atoms with van der Waals surface area (Å²) in [4.78, 5) is 49.5. The average Bonchev–Trinajstić information content (AvgIpc) is 2.96. The van der Waals surface area contributed by atoms with Crippen molar-refractivity contribution in [1.82, 2.24) is 4.90 Å². The minimum Gasteiger partial charge on any atom is -0.462 e. The van der Waals surface area contributed by atoms with E-state index in [4.69, 9.17) is 4.74 Å². The van der Waals surface area contributed by atoms with Crippen LogP contribution in [0.1, 0.15) is 38.0 Å². The van der Waals surface area contributed by atoms with Gasteiger partial charge in [0.2, 0.25) is 0 Å². The molecule has 1 heterocycles. The molecule has 3 rings (SSSR count). The van der Waals surface area contributed by atoms with Crippen LogP contribution in [-0.4, -0.2) is 48.0 Å². The average molecular weight is 420 g/mol. The van der Waals surface area contributed by atoms with Crippen LogP contribution in [0.2, 0.25) is 0 Å². The van der Waals surface area contributed by atoms with E-state index in [0.717, 1.165) is 12.1 Å². The molecule has 0 N–H and O–H groups in total. The SMILES string of the molecule is CCOC(=O)c1ccc(N(CN2C(=O)c3ccccc3C2=O)C(=O)C(F)(F)F)cc1. The van der Waals surface area contributed by atoms with Crippen LogP contribution in [0.25, 0.3) is 0 Å². The van der Waals surface area contributed by atoms with E-state index in [-0.39, 0.29) is 33.9 Å². The molecule has 1 aliphatic heterocycles. The maximum absolute atomic E-state index is 13.2. The first-order valence-corrected chi connectivity index (χ1v) is 8.76. The fourth-order valence-corrected chi connectivity index (χ4v) is 2.92. The molecule has 30 heavy (non-hydrogen) atoms. The van der Waals surface area contributed by atoms with Crippen molar-refractivity contribution in [3.63, 3.8) is 0 Å². The number of benzene rings is 2. The number of hydrogen-bond donors (Lipinski definition) is 0. The molecular formula is C20H15F3N2O5. The first kappa shape index (κ1) is 21.0. The van der Waals surface area contributed by atoms with Crippen LogP contribution in [0.15, 0.2) is 48.5 Å². The Morgan fingerprint density at radius 2 is 1.50 bits per heavy atom. The van der Waals surface area contributed by atoms with Gasteiger partial charge in [0.25, 0.3) is 11.8 Å².